The van der Waals surface area contributed by atoms with E-state index in [1.165, 1.54) is 12.1 Å². The van der Waals surface area contributed by atoms with Crippen molar-refractivity contribution in [3.8, 4) is 16.9 Å². The Labute approximate surface area is 123 Å². The molecule has 3 nitrogen and oxygen atoms in total. The van der Waals surface area contributed by atoms with Gasteiger partial charge in [0.25, 0.3) is 0 Å². The Morgan fingerprint density at radius 1 is 1.05 bits per heavy atom. The van der Waals surface area contributed by atoms with Gasteiger partial charge in [-0.15, -0.1) is 13.2 Å². The van der Waals surface area contributed by atoms with Gasteiger partial charge >= 0.3 is 6.36 Å². The highest BCUT2D eigenvalue weighted by molar-refractivity contribution is 6.32. The highest BCUT2D eigenvalue weighted by Gasteiger charge is 2.33. The standard InChI is InChI=1S/C14H10ClF3N2O/c15-10-3-1-2-9(13(10)21-14(16,17)18)8-4-5-11-12(6-8)20-7-19-11/h1-6,19-20H,7H2. The Morgan fingerprint density at radius 3 is 2.57 bits per heavy atom. The van der Waals surface area contributed by atoms with Gasteiger partial charge in [0.15, 0.2) is 5.75 Å². The fraction of sp³-hybridized carbons (Fsp3) is 0.143. The molecule has 0 amide bonds. The lowest BCUT2D eigenvalue weighted by Gasteiger charge is -2.15. The third kappa shape index (κ3) is 2.85. The van der Waals surface area contributed by atoms with Crippen molar-refractivity contribution >= 4 is 23.0 Å². The van der Waals surface area contributed by atoms with Crippen LogP contribution in [-0.2, 0) is 0 Å². The third-order valence-corrected chi connectivity index (χ3v) is 3.37. The van der Waals surface area contributed by atoms with Crippen LogP contribution in [0.15, 0.2) is 36.4 Å². The van der Waals surface area contributed by atoms with E-state index in [2.05, 4.69) is 15.4 Å². The van der Waals surface area contributed by atoms with E-state index in [1.54, 1.807) is 24.3 Å². The molecule has 3 rings (SSSR count). The summed E-state index contributed by atoms with van der Waals surface area (Å²) in [6.07, 6.45) is -4.80. The molecule has 2 N–H and O–H groups in total. The van der Waals surface area contributed by atoms with Gasteiger partial charge < -0.3 is 15.4 Å². The Morgan fingerprint density at radius 2 is 1.81 bits per heavy atom. The van der Waals surface area contributed by atoms with Gasteiger partial charge in [0.1, 0.15) is 0 Å². The number of halogens is 4. The molecule has 110 valence electrons. The predicted octanol–water partition coefficient (Wildman–Crippen LogP) is 4.70. The molecule has 0 aliphatic carbocycles. The molecule has 2 aromatic rings. The van der Waals surface area contributed by atoms with Gasteiger partial charge in [-0.25, -0.2) is 0 Å². The van der Waals surface area contributed by atoms with E-state index < -0.39 is 12.1 Å². The number of alkyl halides is 3. The Hall–Kier alpha value is -2.08. The fourth-order valence-corrected chi connectivity index (χ4v) is 2.42. The Kier molecular flexibility index (Phi) is 3.33. The number of nitrogens with one attached hydrogen (secondary N) is 2. The number of benzene rings is 2. The molecule has 0 spiro atoms. The third-order valence-electron chi connectivity index (χ3n) is 3.07. The molecule has 1 aliphatic rings. The lowest BCUT2D eigenvalue weighted by atomic mass is 10.0. The number of rotatable bonds is 2. The largest absolute Gasteiger partial charge is 0.573 e. The zero-order valence-electron chi connectivity index (χ0n) is 10.6. The first kappa shape index (κ1) is 13.9. The van der Waals surface area contributed by atoms with E-state index in [-0.39, 0.29) is 10.6 Å². The first-order chi connectivity index (χ1) is 9.94. The maximum absolute atomic E-state index is 12.5. The van der Waals surface area contributed by atoms with Crippen LogP contribution >= 0.6 is 11.6 Å². The molecule has 1 aliphatic heterocycles. The normalized spacial score (nSPS) is 13.3. The van der Waals surface area contributed by atoms with E-state index in [4.69, 9.17) is 11.6 Å². The van der Waals surface area contributed by atoms with Crippen LogP contribution in [0.2, 0.25) is 5.02 Å². The van der Waals surface area contributed by atoms with E-state index in [1.807, 2.05) is 0 Å². The highest BCUT2D eigenvalue weighted by Crippen LogP contribution is 2.41. The molecule has 7 heteroatoms. The molecular weight excluding hydrogens is 305 g/mol. The van der Waals surface area contributed by atoms with Gasteiger partial charge in [-0.3, -0.25) is 0 Å². The zero-order chi connectivity index (χ0) is 15.0. The molecule has 0 bridgehead atoms. The van der Waals surface area contributed by atoms with E-state index in [0.29, 0.717) is 12.2 Å². The molecule has 0 saturated carbocycles. The van der Waals surface area contributed by atoms with Gasteiger partial charge in [0.05, 0.1) is 23.1 Å². The summed E-state index contributed by atoms with van der Waals surface area (Å²) in [4.78, 5) is 0. The molecule has 0 saturated heterocycles. The Balaban J connectivity index is 2.08. The molecule has 21 heavy (non-hydrogen) atoms. The summed E-state index contributed by atoms with van der Waals surface area (Å²) in [5, 5.41) is 6.09. The fourth-order valence-electron chi connectivity index (χ4n) is 2.20. The zero-order valence-corrected chi connectivity index (χ0v) is 11.3. The van der Waals surface area contributed by atoms with Crippen LogP contribution in [0, 0.1) is 0 Å². The summed E-state index contributed by atoms with van der Waals surface area (Å²) in [5.41, 5.74) is 2.60. The van der Waals surface area contributed by atoms with Crippen LogP contribution in [0.3, 0.4) is 0 Å². The minimum Gasteiger partial charge on any atom is -0.404 e. The smallest absolute Gasteiger partial charge is 0.404 e. The average molecular weight is 315 g/mol. The SMILES string of the molecule is FC(F)(F)Oc1c(Cl)cccc1-c1ccc2c(c1)NCN2. The summed E-state index contributed by atoms with van der Waals surface area (Å²) in [6, 6.07) is 9.75. The van der Waals surface area contributed by atoms with Crippen LogP contribution in [0.5, 0.6) is 5.75 Å². The summed E-state index contributed by atoms with van der Waals surface area (Å²) >= 11 is 5.85. The number of hydrogen-bond donors (Lipinski definition) is 2. The number of ether oxygens (including phenoxy) is 1. The second-order valence-corrected chi connectivity index (χ2v) is 4.86. The molecule has 0 aromatic heterocycles. The van der Waals surface area contributed by atoms with Gasteiger partial charge in [-0.2, -0.15) is 0 Å². The monoisotopic (exact) mass is 314 g/mol. The molecule has 0 fully saturated rings. The highest BCUT2D eigenvalue weighted by atomic mass is 35.5. The summed E-state index contributed by atoms with van der Waals surface area (Å²) < 4.78 is 41.7. The van der Waals surface area contributed by atoms with Gasteiger partial charge in [0, 0.05) is 5.56 Å². The lowest BCUT2D eigenvalue weighted by Crippen LogP contribution is -2.18. The molecule has 0 atom stereocenters. The van der Waals surface area contributed by atoms with E-state index >= 15 is 0 Å². The van der Waals surface area contributed by atoms with Crippen molar-refractivity contribution in [1.82, 2.24) is 0 Å². The number of fused-ring (bicyclic) bond motifs is 1. The minimum absolute atomic E-state index is 0.0867. The summed E-state index contributed by atoms with van der Waals surface area (Å²) in [5.74, 6) is -0.391. The van der Waals surface area contributed by atoms with Crippen molar-refractivity contribution in [3.63, 3.8) is 0 Å². The lowest BCUT2D eigenvalue weighted by molar-refractivity contribution is -0.274. The van der Waals surface area contributed by atoms with Gasteiger partial charge in [0.2, 0.25) is 0 Å². The summed E-state index contributed by atoms with van der Waals surface area (Å²) in [7, 11) is 0. The van der Waals surface area contributed by atoms with Crippen molar-refractivity contribution in [2.45, 2.75) is 6.36 Å². The van der Waals surface area contributed by atoms with Crippen molar-refractivity contribution in [2.24, 2.45) is 0 Å². The van der Waals surface area contributed by atoms with Crippen molar-refractivity contribution in [1.29, 1.82) is 0 Å². The topological polar surface area (TPSA) is 33.3 Å². The number of anilines is 2. The maximum atomic E-state index is 12.5. The summed E-state index contributed by atoms with van der Waals surface area (Å²) in [6.45, 7) is 0.584. The minimum atomic E-state index is -4.80. The van der Waals surface area contributed by atoms with Crippen LogP contribution in [0.25, 0.3) is 11.1 Å². The molecule has 0 radical (unpaired) electrons. The second kappa shape index (κ2) is 5.04. The quantitative estimate of drug-likeness (QED) is 0.843. The molecular formula is C14H10ClF3N2O. The van der Waals surface area contributed by atoms with Crippen molar-refractivity contribution in [2.75, 3.05) is 17.3 Å². The van der Waals surface area contributed by atoms with Crippen LogP contribution in [0.1, 0.15) is 0 Å². The predicted molar refractivity (Wildman–Crippen MR) is 75.7 cm³/mol. The molecule has 2 aromatic carbocycles. The van der Waals surface area contributed by atoms with Gasteiger partial charge in [-0.1, -0.05) is 29.8 Å². The first-order valence-electron chi connectivity index (χ1n) is 6.10. The van der Waals surface area contributed by atoms with Crippen LogP contribution in [-0.4, -0.2) is 13.0 Å². The Bertz CT molecular complexity index is 688. The van der Waals surface area contributed by atoms with Crippen molar-refractivity contribution in [3.05, 3.63) is 41.4 Å². The second-order valence-electron chi connectivity index (χ2n) is 4.46. The molecule has 1 heterocycles. The first-order valence-corrected chi connectivity index (χ1v) is 6.48. The number of para-hydroxylation sites is 1. The maximum Gasteiger partial charge on any atom is 0.573 e. The van der Waals surface area contributed by atoms with E-state index in [9.17, 15) is 13.2 Å². The van der Waals surface area contributed by atoms with Crippen LogP contribution < -0.4 is 15.4 Å². The average Bonchev–Trinajstić information content (AvgIpc) is 2.87. The molecule has 0 unspecified atom stereocenters. The van der Waals surface area contributed by atoms with E-state index in [0.717, 1.165) is 11.4 Å². The van der Waals surface area contributed by atoms with Crippen molar-refractivity contribution < 1.29 is 17.9 Å². The number of hydrogen-bond acceptors (Lipinski definition) is 3. The van der Waals surface area contributed by atoms with Gasteiger partial charge in [-0.05, 0) is 23.8 Å². The van der Waals surface area contributed by atoms with Crippen LogP contribution in [0.4, 0.5) is 24.5 Å².